The van der Waals surface area contributed by atoms with E-state index in [-0.39, 0.29) is 23.4 Å². The SMILES string of the molecule is Cc1cnc(CN)c(CC(=O)O)c1OC(F)(F)F. The van der Waals surface area contributed by atoms with Crippen molar-refractivity contribution in [3.05, 3.63) is 23.0 Å². The minimum atomic E-state index is -4.90. The van der Waals surface area contributed by atoms with Gasteiger partial charge in [-0.25, -0.2) is 0 Å². The first kappa shape index (κ1) is 14.2. The van der Waals surface area contributed by atoms with E-state index in [2.05, 4.69) is 9.72 Å². The predicted molar refractivity (Wildman–Crippen MR) is 54.9 cm³/mol. The van der Waals surface area contributed by atoms with Crippen LogP contribution in [0.15, 0.2) is 6.20 Å². The highest BCUT2D eigenvalue weighted by atomic mass is 19.4. The zero-order valence-corrected chi connectivity index (χ0v) is 9.41. The summed E-state index contributed by atoms with van der Waals surface area (Å²) in [5, 5.41) is 8.70. The number of hydrogen-bond acceptors (Lipinski definition) is 4. The van der Waals surface area contributed by atoms with Crippen LogP contribution in [0.2, 0.25) is 0 Å². The van der Waals surface area contributed by atoms with E-state index in [0.29, 0.717) is 0 Å². The van der Waals surface area contributed by atoms with E-state index in [1.54, 1.807) is 0 Å². The van der Waals surface area contributed by atoms with Crippen LogP contribution in [0.25, 0.3) is 0 Å². The molecule has 1 aromatic rings. The van der Waals surface area contributed by atoms with Crippen LogP contribution in [0.5, 0.6) is 5.75 Å². The second-order valence-corrected chi connectivity index (χ2v) is 3.52. The quantitative estimate of drug-likeness (QED) is 0.857. The number of rotatable bonds is 4. The third-order valence-corrected chi connectivity index (χ3v) is 2.13. The molecule has 1 rings (SSSR count). The third kappa shape index (κ3) is 3.59. The standard InChI is InChI=1S/C10H11F3N2O3/c1-5-4-15-7(3-14)6(2-8(16)17)9(5)18-10(11,12)13/h4H,2-3,14H2,1H3,(H,16,17). The van der Waals surface area contributed by atoms with Gasteiger partial charge in [0.15, 0.2) is 0 Å². The highest BCUT2D eigenvalue weighted by Crippen LogP contribution is 2.31. The molecule has 0 saturated heterocycles. The van der Waals surface area contributed by atoms with E-state index in [9.17, 15) is 18.0 Å². The molecule has 0 aromatic carbocycles. The molecule has 0 atom stereocenters. The first-order chi connectivity index (χ1) is 8.24. The van der Waals surface area contributed by atoms with Gasteiger partial charge in [-0.3, -0.25) is 9.78 Å². The number of aromatic nitrogens is 1. The van der Waals surface area contributed by atoms with Gasteiger partial charge in [-0.1, -0.05) is 0 Å². The van der Waals surface area contributed by atoms with Crippen LogP contribution >= 0.6 is 0 Å². The summed E-state index contributed by atoms with van der Waals surface area (Å²) < 4.78 is 40.6. The molecule has 100 valence electrons. The fourth-order valence-electron chi connectivity index (χ4n) is 1.45. The molecule has 0 fully saturated rings. The average Bonchev–Trinajstić information content (AvgIpc) is 2.21. The van der Waals surface area contributed by atoms with Crippen molar-refractivity contribution in [2.24, 2.45) is 5.73 Å². The molecule has 5 nitrogen and oxygen atoms in total. The van der Waals surface area contributed by atoms with Crippen molar-refractivity contribution in [2.75, 3.05) is 0 Å². The highest BCUT2D eigenvalue weighted by molar-refractivity contribution is 5.72. The van der Waals surface area contributed by atoms with Crippen LogP contribution in [-0.2, 0) is 17.8 Å². The Morgan fingerprint density at radius 3 is 2.61 bits per heavy atom. The van der Waals surface area contributed by atoms with E-state index in [4.69, 9.17) is 10.8 Å². The number of halogens is 3. The zero-order chi connectivity index (χ0) is 13.9. The number of ether oxygens (including phenoxy) is 1. The molecule has 0 aliphatic heterocycles. The third-order valence-electron chi connectivity index (χ3n) is 2.13. The molecule has 0 unspecified atom stereocenters. The predicted octanol–water partition coefficient (Wildman–Crippen LogP) is 1.37. The number of carboxylic acids is 1. The minimum Gasteiger partial charge on any atom is -0.481 e. The van der Waals surface area contributed by atoms with Crippen molar-refractivity contribution in [3.63, 3.8) is 0 Å². The maximum absolute atomic E-state index is 12.3. The zero-order valence-electron chi connectivity index (χ0n) is 9.41. The summed E-state index contributed by atoms with van der Waals surface area (Å²) in [6.45, 7) is 1.18. The molecular formula is C10H11F3N2O3. The number of hydrogen-bond donors (Lipinski definition) is 2. The molecule has 0 saturated carbocycles. The summed E-state index contributed by atoms with van der Waals surface area (Å²) >= 11 is 0. The van der Waals surface area contributed by atoms with Crippen molar-refractivity contribution in [3.8, 4) is 5.75 Å². The summed E-state index contributed by atoms with van der Waals surface area (Å²) in [6, 6.07) is 0. The van der Waals surface area contributed by atoms with E-state index in [1.807, 2.05) is 0 Å². The van der Waals surface area contributed by atoms with Crippen molar-refractivity contribution < 1.29 is 27.8 Å². The number of alkyl halides is 3. The molecular weight excluding hydrogens is 253 g/mol. The van der Waals surface area contributed by atoms with Crippen LogP contribution < -0.4 is 10.5 Å². The van der Waals surface area contributed by atoms with E-state index < -0.39 is 24.5 Å². The fourth-order valence-corrected chi connectivity index (χ4v) is 1.45. The van der Waals surface area contributed by atoms with Gasteiger partial charge in [-0.05, 0) is 6.92 Å². The van der Waals surface area contributed by atoms with Gasteiger partial charge in [-0.2, -0.15) is 0 Å². The Bertz CT molecular complexity index is 460. The number of carboxylic acid groups (broad SMARTS) is 1. The first-order valence-electron chi connectivity index (χ1n) is 4.89. The van der Waals surface area contributed by atoms with Crippen LogP contribution in [-0.4, -0.2) is 22.4 Å². The van der Waals surface area contributed by atoms with Crippen molar-refractivity contribution in [1.29, 1.82) is 0 Å². The maximum atomic E-state index is 12.3. The van der Waals surface area contributed by atoms with Gasteiger partial charge in [0.2, 0.25) is 0 Å². The monoisotopic (exact) mass is 264 g/mol. The van der Waals surface area contributed by atoms with Crippen LogP contribution in [0.1, 0.15) is 16.8 Å². The maximum Gasteiger partial charge on any atom is 0.573 e. The Hall–Kier alpha value is -1.83. The molecule has 18 heavy (non-hydrogen) atoms. The Morgan fingerprint density at radius 1 is 1.56 bits per heavy atom. The second kappa shape index (κ2) is 5.21. The lowest BCUT2D eigenvalue weighted by Crippen LogP contribution is -2.21. The summed E-state index contributed by atoms with van der Waals surface area (Å²) in [5.74, 6) is -1.83. The Kier molecular flexibility index (Phi) is 4.12. The molecule has 0 aliphatic rings. The topological polar surface area (TPSA) is 85.4 Å². The molecule has 1 aromatic heterocycles. The largest absolute Gasteiger partial charge is 0.573 e. The Morgan fingerprint density at radius 2 is 2.17 bits per heavy atom. The van der Waals surface area contributed by atoms with Crippen LogP contribution in [0.3, 0.4) is 0 Å². The van der Waals surface area contributed by atoms with Crippen molar-refractivity contribution in [2.45, 2.75) is 26.3 Å². The lowest BCUT2D eigenvalue weighted by Gasteiger charge is -2.16. The number of aliphatic carboxylic acids is 1. The van der Waals surface area contributed by atoms with E-state index in [0.717, 1.165) is 6.20 Å². The van der Waals surface area contributed by atoms with Crippen LogP contribution in [0, 0.1) is 6.92 Å². The second-order valence-electron chi connectivity index (χ2n) is 3.52. The summed E-state index contributed by atoms with van der Waals surface area (Å²) in [4.78, 5) is 14.5. The molecule has 3 N–H and O–H groups in total. The lowest BCUT2D eigenvalue weighted by molar-refractivity contribution is -0.275. The lowest BCUT2D eigenvalue weighted by atomic mass is 10.1. The number of carbonyl (C=O) groups is 1. The molecule has 8 heteroatoms. The summed E-state index contributed by atoms with van der Waals surface area (Å²) in [6.07, 6.45) is -4.37. The van der Waals surface area contributed by atoms with Crippen molar-refractivity contribution in [1.82, 2.24) is 4.98 Å². The molecule has 0 bridgehead atoms. The molecule has 0 spiro atoms. The number of aryl methyl sites for hydroxylation is 1. The van der Waals surface area contributed by atoms with Gasteiger partial charge in [0.25, 0.3) is 0 Å². The highest BCUT2D eigenvalue weighted by Gasteiger charge is 2.33. The minimum absolute atomic E-state index is 0.0715. The van der Waals surface area contributed by atoms with Crippen molar-refractivity contribution >= 4 is 5.97 Å². The van der Waals surface area contributed by atoms with E-state index >= 15 is 0 Å². The van der Waals surface area contributed by atoms with Gasteiger partial charge in [0, 0.05) is 23.9 Å². The smallest absolute Gasteiger partial charge is 0.481 e. The Labute approximate surface area is 100 Å². The fraction of sp³-hybridized carbons (Fsp3) is 0.400. The first-order valence-corrected chi connectivity index (χ1v) is 4.89. The Balaban J connectivity index is 3.31. The van der Waals surface area contributed by atoms with E-state index in [1.165, 1.54) is 6.92 Å². The number of pyridine rings is 1. The summed E-state index contributed by atoms with van der Waals surface area (Å²) in [7, 11) is 0. The van der Waals surface area contributed by atoms with Gasteiger partial charge in [0.05, 0.1) is 12.1 Å². The van der Waals surface area contributed by atoms with Gasteiger partial charge in [0.1, 0.15) is 5.75 Å². The van der Waals surface area contributed by atoms with Gasteiger partial charge in [-0.15, -0.1) is 13.2 Å². The molecule has 0 radical (unpaired) electrons. The molecule has 0 amide bonds. The van der Waals surface area contributed by atoms with Gasteiger partial charge < -0.3 is 15.6 Å². The number of nitrogens with two attached hydrogens (primary N) is 1. The molecule has 0 aliphatic carbocycles. The van der Waals surface area contributed by atoms with Crippen LogP contribution in [0.4, 0.5) is 13.2 Å². The molecule has 1 heterocycles. The number of nitrogens with zero attached hydrogens (tertiary/aromatic N) is 1. The average molecular weight is 264 g/mol. The normalized spacial score (nSPS) is 11.4. The summed E-state index contributed by atoms with van der Waals surface area (Å²) in [5.41, 5.74) is 5.34. The van der Waals surface area contributed by atoms with Gasteiger partial charge >= 0.3 is 12.3 Å².